The summed E-state index contributed by atoms with van der Waals surface area (Å²) in [5, 5.41) is 8.80. The summed E-state index contributed by atoms with van der Waals surface area (Å²) in [6, 6.07) is 2.87. The molecule has 1 heterocycles. The minimum atomic E-state index is -0.976. The number of aliphatic carboxylic acids is 1. The summed E-state index contributed by atoms with van der Waals surface area (Å²) in [4.78, 5) is 16.7. The van der Waals surface area contributed by atoms with E-state index in [2.05, 4.69) is 4.98 Å². The van der Waals surface area contributed by atoms with E-state index >= 15 is 0 Å². The maximum absolute atomic E-state index is 10.7. The third-order valence-corrected chi connectivity index (χ3v) is 2.49. The zero-order valence-corrected chi connectivity index (χ0v) is 9.50. The van der Waals surface area contributed by atoms with Gasteiger partial charge in [0.2, 0.25) is 0 Å². The van der Waals surface area contributed by atoms with E-state index in [0.717, 1.165) is 5.56 Å². The number of hydrogen-bond acceptors (Lipinski definition) is 4. The van der Waals surface area contributed by atoms with Crippen LogP contribution in [-0.2, 0) is 4.79 Å². The number of hydrogen-bond donors (Lipinski definition) is 2. The molecule has 0 bridgehead atoms. The highest BCUT2D eigenvalue weighted by Gasteiger charge is 2.21. The fourth-order valence-electron chi connectivity index (χ4n) is 1.56. The van der Waals surface area contributed by atoms with Gasteiger partial charge in [0.1, 0.15) is 6.04 Å². The van der Waals surface area contributed by atoms with Crippen molar-refractivity contribution < 1.29 is 9.90 Å². The van der Waals surface area contributed by atoms with E-state index in [1.165, 1.54) is 0 Å². The molecule has 1 aromatic rings. The first-order valence-corrected chi connectivity index (χ1v) is 5.07. The first-order chi connectivity index (χ1) is 7.52. The highest BCUT2D eigenvalue weighted by molar-refractivity contribution is 5.73. The molecular formula is C11H17N3O2. The minimum Gasteiger partial charge on any atom is -0.480 e. The molecule has 5 heteroatoms. The Morgan fingerprint density at radius 1 is 1.62 bits per heavy atom. The van der Waals surface area contributed by atoms with Crippen LogP contribution >= 0.6 is 0 Å². The molecule has 1 aromatic heterocycles. The van der Waals surface area contributed by atoms with Crippen molar-refractivity contribution in [3.63, 3.8) is 0 Å². The SMILES string of the molecule is CN(C)C(CC(N)C(=O)O)c1cccnc1. The zero-order chi connectivity index (χ0) is 12.1. The molecule has 3 N–H and O–H groups in total. The van der Waals surface area contributed by atoms with Gasteiger partial charge in [-0.1, -0.05) is 6.07 Å². The second kappa shape index (κ2) is 5.58. The molecule has 0 radical (unpaired) electrons. The predicted octanol–water partition coefficient (Wildman–Crippen LogP) is 0.486. The Balaban J connectivity index is 2.81. The van der Waals surface area contributed by atoms with Crippen molar-refractivity contribution in [3.05, 3.63) is 30.1 Å². The summed E-state index contributed by atoms with van der Waals surface area (Å²) in [5.41, 5.74) is 6.52. The lowest BCUT2D eigenvalue weighted by atomic mass is 10.0. The van der Waals surface area contributed by atoms with Crippen LogP contribution in [0.25, 0.3) is 0 Å². The van der Waals surface area contributed by atoms with Crippen LogP contribution in [0, 0.1) is 0 Å². The fraction of sp³-hybridized carbons (Fsp3) is 0.455. The van der Waals surface area contributed by atoms with Gasteiger partial charge in [0.25, 0.3) is 0 Å². The molecule has 0 amide bonds. The summed E-state index contributed by atoms with van der Waals surface area (Å²) in [7, 11) is 3.79. The predicted molar refractivity (Wildman–Crippen MR) is 60.9 cm³/mol. The van der Waals surface area contributed by atoms with Gasteiger partial charge in [-0.2, -0.15) is 0 Å². The van der Waals surface area contributed by atoms with Crippen molar-refractivity contribution in [1.82, 2.24) is 9.88 Å². The van der Waals surface area contributed by atoms with Gasteiger partial charge in [-0.05, 0) is 32.1 Å². The van der Waals surface area contributed by atoms with Gasteiger partial charge in [-0.25, -0.2) is 0 Å². The van der Waals surface area contributed by atoms with Crippen molar-refractivity contribution >= 4 is 5.97 Å². The Kier molecular flexibility index (Phi) is 4.39. The zero-order valence-electron chi connectivity index (χ0n) is 9.50. The van der Waals surface area contributed by atoms with E-state index in [1.54, 1.807) is 12.4 Å². The summed E-state index contributed by atoms with van der Waals surface area (Å²) in [6.45, 7) is 0. The molecule has 0 aliphatic heterocycles. The smallest absolute Gasteiger partial charge is 0.320 e. The lowest BCUT2D eigenvalue weighted by Crippen LogP contribution is -2.35. The Labute approximate surface area is 94.9 Å². The maximum atomic E-state index is 10.7. The average molecular weight is 223 g/mol. The molecule has 2 unspecified atom stereocenters. The third-order valence-electron chi connectivity index (χ3n) is 2.49. The highest BCUT2D eigenvalue weighted by Crippen LogP contribution is 2.21. The van der Waals surface area contributed by atoms with Gasteiger partial charge in [0, 0.05) is 18.4 Å². The topological polar surface area (TPSA) is 79.5 Å². The summed E-state index contributed by atoms with van der Waals surface area (Å²) in [5.74, 6) is -0.976. The van der Waals surface area contributed by atoms with Crippen LogP contribution in [0.4, 0.5) is 0 Å². The first kappa shape index (κ1) is 12.6. The van der Waals surface area contributed by atoms with Crippen molar-refractivity contribution in [2.75, 3.05) is 14.1 Å². The standard InChI is InChI=1S/C11H17N3O2/c1-14(2)10(6-9(12)11(15)16)8-4-3-5-13-7-8/h3-5,7,9-10H,6,12H2,1-2H3,(H,15,16). The molecule has 0 fully saturated rings. The molecule has 0 aliphatic rings. The van der Waals surface area contributed by atoms with Gasteiger partial charge in [0.15, 0.2) is 0 Å². The van der Waals surface area contributed by atoms with Gasteiger partial charge < -0.3 is 15.7 Å². The highest BCUT2D eigenvalue weighted by atomic mass is 16.4. The molecule has 0 spiro atoms. The summed E-state index contributed by atoms with van der Waals surface area (Å²) in [6.07, 6.45) is 3.79. The second-order valence-corrected chi connectivity index (χ2v) is 3.95. The third kappa shape index (κ3) is 3.29. The molecular weight excluding hydrogens is 206 g/mol. The number of nitrogens with two attached hydrogens (primary N) is 1. The fourth-order valence-corrected chi connectivity index (χ4v) is 1.56. The van der Waals surface area contributed by atoms with Crippen LogP contribution in [0.1, 0.15) is 18.0 Å². The lowest BCUT2D eigenvalue weighted by Gasteiger charge is -2.25. The molecule has 0 aromatic carbocycles. The number of rotatable bonds is 5. The van der Waals surface area contributed by atoms with Crippen LogP contribution in [0.2, 0.25) is 0 Å². The van der Waals surface area contributed by atoms with Gasteiger partial charge in [0.05, 0.1) is 0 Å². The van der Waals surface area contributed by atoms with Crippen LogP contribution in [0.15, 0.2) is 24.5 Å². The molecule has 88 valence electrons. The van der Waals surface area contributed by atoms with Crippen LogP contribution < -0.4 is 5.73 Å². The van der Waals surface area contributed by atoms with E-state index in [0.29, 0.717) is 6.42 Å². The van der Waals surface area contributed by atoms with E-state index in [-0.39, 0.29) is 6.04 Å². The number of carbonyl (C=O) groups is 1. The molecule has 16 heavy (non-hydrogen) atoms. The van der Waals surface area contributed by atoms with E-state index < -0.39 is 12.0 Å². The lowest BCUT2D eigenvalue weighted by molar-refractivity contribution is -0.139. The van der Waals surface area contributed by atoms with Gasteiger partial charge in [-0.3, -0.25) is 9.78 Å². The van der Waals surface area contributed by atoms with Crippen molar-refractivity contribution in [2.24, 2.45) is 5.73 Å². The normalized spacial score (nSPS) is 14.8. The van der Waals surface area contributed by atoms with Crippen LogP contribution in [0.3, 0.4) is 0 Å². The number of aromatic nitrogens is 1. The average Bonchev–Trinajstić information content (AvgIpc) is 2.26. The Morgan fingerprint density at radius 2 is 2.31 bits per heavy atom. The van der Waals surface area contributed by atoms with Crippen molar-refractivity contribution in [2.45, 2.75) is 18.5 Å². The van der Waals surface area contributed by atoms with Crippen molar-refractivity contribution in [3.8, 4) is 0 Å². The first-order valence-electron chi connectivity index (χ1n) is 5.07. The molecule has 5 nitrogen and oxygen atoms in total. The molecule has 0 saturated heterocycles. The van der Waals surface area contributed by atoms with Crippen LogP contribution in [0.5, 0.6) is 0 Å². The summed E-state index contributed by atoms with van der Waals surface area (Å²) < 4.78 is 0. The van der Waals surface area contributed by atoms with Crippen molar-refractivity contribution in [1.29, 1.82) is 0 Å². The number of carboxylic acids is 1. The van der Waals surface area contributed by atoms with Gasteiger partial charge >= 0.3 is 5.97 Å². The molecule has 1 rings (SSSR count). The maximum Gasteiger partial charge on any atom is 0.320 e. The molecule has 0 aliphatic carbocycles. The van der Waals surface area contributed by atoms with E-state index in [9.17, 15) is 4.79 Å². The number of pyridine rings is 1. The monoisotopic (exact) mass is 223 g/mol. The number of carboxylic acid groups (broad SMARTS) is 1. The quantitative estimate of drug-likeness (QED) is 0.759. The Hall–Kier alpha value is -1.46. The Bertz CT molecular complexity index is 340. The summed E-state index contributed by atoms with van der Waals surface area (Å²) >= 11 is 0. The van der Waals surface area contributed by atoms with E-state index in [4.69, 9.17) is 10.8 Å². The minimum absolute atomic E-state index is 0.0280. The van der Waals surface area contributed by atoms with E-state index in [1.807, 2.05) is 31.1 Å². The van der Waals surface area contributed by atoms with Gasteiger partial charge in [-0.15, -0.1) is 0 Å². The molecule has 2 atom stereocenters. The largest absolute Gasteiger partial charge is 0.480 e. The molecule has 0 saturated carbocycles. The second-order valence-electron chi connectivity index (χ2n) is 3.95. The van der Waals surface area contributed by atoms with Crippen LogP contribution in [-0.4, -0.2) is 41.1 Å². The Morgan fingerprint density at radius 3 is 2.75 bits per heavy atom. The number of nitrogens with zero attached hydrogens (tertiary/aromatic N) is 2.